The van der Waals surface area contributed by atoms with E-state index in [1.165, 1.54) is 16.6 Å². The highest BCUT2D eigenvalue weighted by Crippen LogP contribution is 2.36. The van der Waals surface area contributed by atoms with Crippen molar-refractivity contribution in [3.8, 4) is 5.75 Å². The summed E-state index contributed by atoms with van der Waals surface area (Å²) in [6, 6.07) is 16.6. The van der Waals surface area contributed by atoms with Gasteiger partial charge in [0.15, 0.2) is 0 Å². The predicted molar refractivity (Wildman–Crippen MR) is 133 cm³/mol. The lowest BCUT2D eigenvalue weighted by Crippen LogP contribution is -2.47. The van der Waals surface area contributed by atoms with Gasteiger partial charge < -0.3 is 19.9 Å². The molecular formula is C27H34N4O2. The normalized spacial score (nSPS) is 18.8. The number of aromatic nitrogens is 1. The number of methoxy groups -OCH3 is 1. The molecule has 6 heteroatoms. The summed E-state index contributed by atoms with van der Waals surface area (Å²) in [5, 5.41) is 4.49. The van der Waals surface area contributed by atoms with Crippen LogP contribution in [0.5, 0.6) is 5.75 Å². The van der Waals surface area contributed by atoms with Gasteiger partial charge in [-0.1, -0.05) is 30.3 Å². The summed E-state index contributed by atoms with van der Waals surface area (Å²) < 4.78 is 5.52. The van der Waals surface area contributed by atoms with Crippen LogP contribution in [0.4, 0.5) is 5.69 Å². The van der Waals surface area contributed by atoms with Crippen LogP contribution in [-0.2, 0) is 11.2 Å². The summed E-state index contributed by atoms with van der Waals surface area (Å²) in [5.74, 6) is 1.06. The van der Waals surface area contributed by atoms with Crippen molar-refractivity contribution in [2.75, 3.05) is 51.3 Å². The van der Waals surface area contributed by atoms with Gasteiger partial charge in [0, 0.05) is 49.3 Å². The van der Waals surface area contributed by atoms with Gasteiger partial charge in [0.25, 0.3) is 0 Å². The van der Waals surface area contributed by atoms with Crippen molar-refractivity contribution in [3.05, 3.63) is 59.8 Å². The number of fused-ring (bicyclic) bond motifs is 3. The molecule has 2 N–H and O–H groups in total. The van der Waals surface area contributed by atoms with Gasteiger partial charge in [0.05, 0.1) is 18.7 Å². The Balaban J connectivity index is 1.09. The van der Waals surface area contributed by atoms with Crippen molar-refractivity contribution in [2.45, 2.75) is 31.6 Å². The van der Waals surface area contributed by atoms with Crippen LogP contribution in [-0.4, -0.2) is 62.2 Å². The highest BCUT2D eigenvalue weighted by Gasteiger charge is 2.29. The molecule has 2 aliphatic rings. The Morgan fingerprint density at radius 2 is 1.88 bits per heavy atom. The largest absolute Gasteiger partial charge is 0.495 e. The number of para-hydroxylation sites is 3. The second-order valence-electron chi connectivity index (χ2n) is 9.15. The minimum absolute atomic E-state index is 0.0504. The standard InChI is InChI=1S/C27H34N4O2/c1-33-25-13-5-4-12-24(25)31-18-16-30(17-19-31)15-7-14-28-27(32)22-10-6-9-21-20-8-2-3-11-23(20)29-26(21)22/h2-5,8,11-13,22,29H,6-7,9-10,14-19H2,1H3,(H,28,32)/t22-/m1/s1. The third kappa shape index (κ3) is 4.58. The summed E-state index contributed by atoms with van der Waals surface area (Å²) in [4.78, 5) is 21.4. The third-order valence-corrected chi connectivity index (χ3v) is 7.18. The van der Waals surface area contributed by atoms with E-state index in [2.05, 4.69) is 56.5 Å². The molecular weight excluding hydrogens is 412 g/mol. The number of nitrogens with one attached hydrogen (secondary N) is 2. The first kappa shape index (κ1) is 21.8. The number of H-pyrrole nitrogens is 1. The lowest BCUT2D eigenvalue weighted by Gasteiger charge is -2.36. The SMILES string of the molecule is COc1ccccc1N1CCN(CCCNC(=O)[C@@H]2CCCc3c2[nH]c2ccccc32)CC1. The zero-order valence-corrected chi connectivity index (χ0v) is 19.5. The average Bonchev–Trinajstić information content (AvgIpc) is 3.26. The Hall–Kier alpha value is -2.99. The maximum Gasteiger partial charge on any atom is 0.229 e. The molecule has 0 radical (unpaired) electrons. The number of piperazine rings is 1. The lowest BCUT2D eigenvalue weighted by atomic mass is 9.86. The molecule has 33 heavy (non-hydrogen) atoms. The fourth-order valence-corrected chi connectivity index (χ4v) is 5.42. The van der Waals surface area contributed by atoms with Crippen molar-refractivity contribution in [2.24, 2.45) is 0 Å². The zero-order valence-electron chi connectivity index (χ0n) is 19.5. The summed E-state index contributed by atoms with van der Waals surface area (Å²) in [7, 11) is 1.73. The smallest absolute Gasteiger partial charge is 0.229 e. The maximum atomic E-state index is 13.0. The van der Waals surface area contributed by atoms with Gasteiger partial charge in [-0.3, -0.25) is 9.69 Å². The van der Waals surface area contributed by atoms with Gasteiger partial charge in [-0.25, -0.2) is 0 Å². The van der Waals surface area contributed by atoms with Crippen molar-refractivity contribution in [1.29, 1.82) is 0 Å². The minimum Gasteiger partial charge on any atom is -0.495 e. The second-order valence-corrected chi connectivity index (χ2v) is 9.15. The van der Waals surface area contributed by atoms with Gasteiger partial charge in [0.2, 0.25) is 5.91 Å². The Labute approximate surface area is 195 Å². The highest BCUT2D eigenvalue weighted by atomic mass is 16.5. The van der Waals surface area contributed by atoms with E-state index in [0.717, 1.165) is 81.9 Å². The monoisotopic (exact) mass is 446 g/mol. The van der Waals surface area contributed by atoms with E-state index in [9.17, 15) is 4.79 Å². The number of anilines is 1. The number of carbonyl (C=O) groups is 1. The number of aryl methyl sites for hydroxylation is 1. The molecule has 174 valence electrons. The number of rotatable bonds is 7. The number of amides is 1. The zero-order chi connectivity index (χ0) is 22.6. The lowest BCUT2D eigenvalue weighted by molar-refractivity contribution is -0.122. The average molecular weight is 447 g/mol. The molecule has 1 fully saturated rings. The quantitative estimate of drug-likeness (QED) is 0.540. The molecule has 2 aromatic carbocycles. The molecule has 1 aromatic heterocycles. The minimum atomic E-state index is -0.0504. The summed E-state index contributed by atoms with van der Waals surface area (Å²) >= 11 is 0. The molecule has 3 aromatic rings. The predicted octanol–water partition coefficient (Wildman–Crippen LogP) is 3.92. The molecule has 0 unspecified atom stereocenters. The number of ether oxygens (including phenoxy) is 1. The second kappa shape index (κ2) is 9.87. The van der Waals surface area contributed by atoms with Crippen molar-refractivity contribution < 1.29 is 9.53 Å². The highest BCUT2D eigenvalue weighted by molar-refractivity contribution is 5.90. The molecule has 0 bridgehead atoms. The van der Waals surface area contributed by atoms with Crippen LogP contribution in [0.25, 0.3) is 10.9 Å². The van der Waals surface area contributed by atoms with Gasteiger partial charge in [0.1, 0.15) is 5.75 Å². The van der Waals surface area contributed by atoms with Crippen LogP contribution in [0.2, 0.25) is 0 Å². The molecule has 5 rings (SSSR count). The number of nitrogens with zero attached hydrogens (tertiary/aromatic N) is 2. The summed E-state index contributed by atoms with van der Waals surface area (Å²) in [5.41, 5.74) is 4.79. The van der Waals surface area contributed by atoms with Crippen LogP contribution in [0, 0.1) is 0 Å². The molecule has 0 saturated carbocycles. The molecule has 1 saturated heterocycles. The van der Waals surface area contributed by atoms with Crippen LogP contribution in [0.15, 0.2) is 48.5 Å². The van der Waals surface area contributed by atoms with Gasteiger partial charge in [-0.2, -0.15) is 0 Å². The van der Waals surface area contributed by atoms with Crippen molar-refractivity contribution in [3.63, 3.8) is 0 Å². The number of benzene rings is 2. The van der Waals surface area contributed by atoms with Crippen LogP contribution in [0.1, 0.15) is 36.4 Å². The fraction of sp³-hybridized carbons (Fsp3) is 0.444. The Bertz CT molecular complexity index is 1100. The van der Waals surface area contributed by atoms with E-state index in [4.69, 9.17) is 4.74 Å². The first-order chi connectivity index (χ1) is 16.2. The van der Waals surface area contributed by atoms with E-state index in [1.54, 1.807) is 7.11 Å². The Kier molecular flexibility index (Phi) is 6.53. The number of aromatic amines is 1. The number of hydrogen-bond acceptors (Lipinski definition) is 4. The first-order valence-corrected chi connectivity index (χ1v) is 12.2. The van der Waals surface area contributed by atoms with Crippen LogP contribution < -0.4 is 15.0 Å². The van der Waals surface area contributed by atoms with Gasteiger partial charge >= 0.3 is 0 Å². The summed E-state index contributed by atoms with van der Waals surface area (Å²) in [6.07, 6.45) is 4.04. The van der Waals surface area contributed by atoms with Crippen molar-refractivity contribution >= 4 is 22.5 Å². The number of hydrogen-bond donors (Lipinski definition) is 2. The summed E-state index contributed by atoms with van der Waals surface area (Å²) in [6.45, 7) is 5.82. The number of carbonyl (C=O) groups excluding carboxylic acids is 1. The van der Waals surface area contributed by atoms with E-state index >= 15 is 0 Å². The van der Waals surface area contributed by atoms with Crippen LogP contribution in [0.3, 0.4) is 0 Å². The van der Waals surface area contributed by atoms with Crippen molar-refractivity contribution in [1.82, 2.24) is 15.2 Å². The topological polar surface area (TPSA) is 60.6 Å². The third-order valence-electron chi connectivity index (χ3n) is 7.18. The van der Waals surface area contributed by atoms with E-state index in [0.29, 0.717) is 0 Å². The maximum absolute atomic E-state index is 13.0. The Morgan fingerprint density at radius 3 is 2.73 bits per heavy atom. The first-order valence-electron chi connectivity index (χ1n) is 12.2. The Morgan fingerprint density at radius 1 is 1.09 bits per heavy atom. The molecule has 0 spiro atoms. The van der Waals surface area contributed by atoms with Gasteiger partial charge in [-0.05, 0) is 56.0 Å². The molecule has 6 nitrogen and oxygen atoms in total. The van der Waals surface area contributed by atoms with E-state index < -0.39 is 0 Å². The molecule has 1 amide bonds. The fourth-order valence-electron chi connectivity index (χ4n) is 5.42. The molecule has 2 heterocycles. The molecule has 1 atom stereocenters. The molecule has 1 aliphatic heterocycles. The van der Waals surface area contributed by atoms with E-state index in [1.807, 2.05) is 12.1 Å². The van der Waals surface area contributed by atoms with Gasteiger partial charge in [-0.15, -0.1) is 0 Å². The van der Waals surface area contributed by atoms with Crippen LogP contribution >= 0.6 is 0 Å². The van der Waals surface area contributed by atoms with E-state index in [-0.39, 0.29) is 11.8 Å². The molecule has 1 aliphatic carbocycles.